The Kier molecular flexibility index (Phi) is 4.99. The van der Waals surface area contributed by atoms with Crippen molar-refractivity contribution in [2.45, 2.75) is 12.7 Å². The maximum Gasteiger partial charge on any atom is 0.417 e. The second-order valence-corrected chi connectivity index (χ2v) is 6.31. The molecule has 0 unspecified atom stereocenters. The third-order valence-corrected chi connectivity index (χ3v) is 4.30. The lowest BCUT2D eigenvalue weighted by molar-refractivity contribution is -0.137. The van der Waals surface area contributed by atoms with Gasteiger partial charge in [0.1, 0.15) is 0 Å². The zero-order chi connectivity index (χ0) is 20.3. The van der Waals surface area contributed by atoms with Crippen LogP contribution in [0, 0.1) is 0 Å². The van der Waals surface area contributed by atoms with Crippen LogP contribution in [0.1, 0.15) is 11.3 Å². The molecule has 0 radical (unpaired) electrons. The van der Waals surface area contributed by atoms with Crippen LogP contribution in [0.15, 0.2) is 72.9 Å². The molecule has 0 bridgehead atoms. The van der Waals surface area contributed by atoms with Crippen LogP contribution in [0.4, 0.5) is 19.1 Å². The predicted molar refractivity (Wildman–Crippen MR) is 104 cm³/mol. The maximum absolute atomic E-state index is 13.3. The molecule has 146 valence electrons. The summed E-state index contributed by atoms with van der Waals surface area (Å²) in [5.74, 6) is 0.232. The summed E-state index contributed by atoms with van der Waals surface area (Å²) in [6.07, 6.45) is -3.03. The number of hydrogen-bond acceptors (Lipinski definition) is 4. The molecule has 0 aliphatic carbocycles. The van der Waals surface area contributed by atoms with Gasteiger partial charge in [-0.2, -0.15) is 18.3 Å². The number of alkyl halides is 3. The number of aromatic amines is 1. The summed E-state index contributed by atoms with van der Waals surface area (Å²) >= 11 is 0. The molecule has 0 saturated heterocycles. The van der Waals surface area contributed by atoms with Gasteiger partial charge in [-0.05, 0) is 18.2 Å². The van der Waals surface area contributed by atoms with Gasteiger partial charge in [0.2, 0.25) is 5.95 Å². The van der Waals surface area contributed by atoms with E-state index < -0.39 is 11.7 Å². The summed E-state index contributed by atoms with van der Waals surface area (Å²) in [6.45, 7) is 0.351. The van der Waals surface area contributed by atoms with Crippen molar-refractivity contribution in [1.29, 1.82) is 0 Å². The van der Waals surface area contributed by atoms with Crippen molar-refractivity contribution in [3.8, 4) is 22.5 Å². The number of nitrogens with one attached hydrogen (secondary N) is 2. The summed E-state index contributed by atoms with van der Waals surface area (Å²) in [5, 5.41) is 10.2. The van der Waals surface area contributed by atoms with Gasteiger partial charge in [0.15, 0.2) is 0 Å². The molecule has 29 heavy (non-hydrogen) atoms. The molecule has 2 N–H and O–H groups in total. The zero-order valence-electron chi connectivity index (χ0n) is 15.1. The van der Waals surface area contributed by atoms with Gasteiger partial charge in [0, 0.05) is 17.3 Å². The van der Waals surface area contributed by atoms with E-state index in [4.69, 9.17) is 0 Å². The molecule has 0 fully saturated rings. The monoisotopic (exact) mass is 395 g/mol. The Morgan fingerprint density at radius 3 is 2.45 bits per heavy atom. The van der Waals surface area contributed by atoms with Crippen molar-refractivity contribution in [2.75, 3.05) is 5.32 Å². The second kappa shape index (κ2) is 7.75. The SMILES string of the molecule is FC(F)(F)c1ccccc1-c1ccnc(NCc2cc(-c3ccccc3)n[nH]2)n1. The lowest BCUT2D eigenvalue weighted by Gasteiger charge is -2.12. The van der Waals surface area contributed by atoms with Crippen molar-refractivity contribution in [1.82, 2.24) is 20.2 Å². The molecule has 0 aliphatic heterocycles. The fourth-order valence-electron chi connectivity index (χ4n) is 2.93. The van der Waals surface area contributed by atoms with Crippen LogP contribution in [0.5, 0.6) is 0 Å². The second-order valence-electron chi connectivity index (χ2n) is 6.31. The summed E-state index contributed by atoms with van der Waals surface area (Å²) in [6, 6.07) is 18.4. The summed E-state index contributed by atoms with van der Waals surface area (Å²) < 4.78 is 39.8. The summed E-state index contributed by atoms with van der Waals surface area (Å²) in [7, 11) is 0. The Hall–Kier alpha value is -3.68. The first-order valence-corrected chi connectivity index (χ1v) is 8.84. The highest BCUT2D eigenvalue weighted by Crippen LogP contribution is 2.36. The predicted octanol–water partition coefficient (Wildman–Crippen LogP) is 5.16. The van der Waals surface area contributed by atoms with E-state index in [0.29, 0.717) is 6.54 Å². The van der Waals surface area contributed by atoms with E-state index in [2.05, 4.69) is 25.5 Å². The standard InChI is InChI=1S/C21H16F3N5/c22-21(23,24)17-9-5-4-8-16(17)18-10-11-25-20(27-18)26-13-15-12-19(29-28-15)14-6-2-1-3-7-14/h1-12H,13H2,(H,28,29)(H,25,26,27). The quantitative estimate of drug-likeness (QED) is 0.490. The van der Waals surface area contributed by atoms with E-state index in [1.807, 2.05) is 36.4 Å². The van der Waals surface area contributed by atoms with Crippen molar-refractivity contribution in [3.63, 3.8) is 0 Å². The van der Waals surface area contributed by atoms with E-state index in [9.17, 15) is 13.2 Å². The Labute approximate surface area is 164 Å². The van der Waals surface area contributed by atoms with Gasteiger partial charge >= 0.3 is 6.18 Å². The minimum atomic E-state index is -4.46. The average molecular weight is 395 g/mol. The van der Waals surface area contributed by atoms with Crippen LogP contribution in [-0.4, -0.2) is 20.2 Å². The smallest absolute Gasteiger partial charge is 0.349 e. The molecule has 0 atom stereocenters. The number of aromatic nitrogens is 4. The molecule has 4 aromatic rings. The normalized spacial score (nSPS) is 11.4. The Bertz CT molecular complexity index is 1110. The lowest BCUT2D eigenvalue weighted by Crippen LogP contribution is -2.08. The summed E-state index contributed by atoms with van der Waals surface area (Å²) in [5.41, 5.74) is 2.07. The Morgan fingerprint density at radius 2 is 1.66 bits per heavy atom. The van der Waals surface area contributed by atoms with Gasteiger partial charge in [-0.3, -0.25) is 5.10 Å². The molecule has 2 aromatic heterocycles. The van der Waals surface area contributed by atoms with Crippen molar-refractivity contribution in [2.24, 2.45) is 0 Å². The van der Waals surface area contributed by atoms with Crippen LogP contribution in [0.25, 0.3) is 22.5 Å². The van der Waals surface area contributed by atoms with Gasteiger partial charge < -0.3 is 5.32 Å². The first-order chi connectivity index (χ1) is 14.0. The zero-order valence-corrected chi connectivity index (χ0v) is 15.1. The Morgan fingerprint density at radius 1 is 0.897 bits per heavy atom. The topological polar surface area (TPSA) is 66.5 Å². The van der Waals surface area contributed by atoms with Gasteiger partial charge in [0.05, 0.1) is 29.2 Å². The van der Waals surface area contributed by atoms with Crippen LogP contribution in [0.2, 0.25) is 0 Å². The number of rotatable bonds is 5. The molecule has 4 rings (SSSR count). The molecule has 0 aliphatic rings. The largest absolute Gasteiger partial charge is 0.417 e. The highest BCUT2D eigenvalue weighted by atomic mass is 19.4. The van der Waals surface area contributed by atoms with Crippen LogP contribution in [0.3, 0.4) is 0 Å². The third kappa shape index (κ3) is 4.26. The van der Waals surface area contributed by atoms with Gasteiger partial charge in [-0.15, -0.1) is 0 Å². The van der Waals surface area contributed by atoms with Crippen molar-refractivity contribution >= 4 is 5.95 Å². The number of halogens is 3. The molecule has 5 nitrogen and oxygen atoms in total. The molecule has 2 heterocycles. The highest BCUT2D eigenvalue weighted by molar-refractivity contribution is 5.65. The fraction of sp³-hybridized carbons (Fsp3) is 0.0952. The maximum atomic E-state index is 13.3. The molecular formula is C21H16F3N5. The molecule has 0 spiro atoms. The first-order valence-electron chi connectivity index (χ1n) is 8.84. The molecule has 2 aromatic carbocycles. The average Bonchev–Trinajstić information content (AvgIpc) is 3.22. The number of anilines is 1. The van der Waals surface area contributed by atoms with Gasteiger partial charge in [-0.25, -0.2) is 9.97 Å². The number of nitrogens with zero attached hydrogens (tertiary/aromatic N) is 3. The number of benzene rings is 2. The third-order valence-electron chi connectivity index (χ3n) is 4.30. The van der Waals surface area contributed by atoms with Gasteiger partial charge in [-0.1, -0.05) is 48.5 Å². The fourth-order valence-corrected chi connectivity index (χ4v) is 2.93. The molecule has 0 amide bonds. The number of hydrogen-bond donors (Lipinski definition) is 2. The van der Waals surface area contributed by atoms with E-state index in [0.717, 1.165) is 23.0 Å². The Balaban J connectivity index is 1.52. The van der Waals surface area contributed by atoms with Crippen LogP contribution in [-0.2, 0) is 12.7 Å². The van der Waals surface area contributed by atoms with Crippen LogP contribution < -0.4 is 5.32 Å². The van der Waals surface area contributed by atoms with E-state index in [-0.39, 0.29) is 17.2 Å². The van der Waals surface area contributed by atoms with Crippen molar-refractivity contribution in [3.05, 3.63) is 84.2 Å². The molecular weight excluding hydrogens is 379 g/mol. The minimum absolute atomic E-state index is 0.0124. The van der Waals surface area contributed by atoms with Crippen molar-refractivity contribution < 1.29 is 13.2 Å². The van der Waals surface area contributed by atoms with Crippen LogP contribution >= 0.6 is 0 Å². The van der Waals surface area contributed by atoms with E-state index in [1.165, 1.54) is 24.4 Å². The van der Waals surface area contributed by atoms with E-state index >= 15 is 0 Å². The number of H-pyrrole nitrogens is 1. The van der Waals surface area contributed by atoms with E-state index in [1.54, 1.807) is 6.07 Å². The van der Waals surface area contributed by atoms with Gasteiger partial charge in [0.25, 0.3) is 0 Å². The molecule has 8 heteroatoms. The minimum Gasteiger partial charge on any atom is -0.349 e. The summed E-state index contributed by atoms with van der Waals surface area (Å²) in [4.78, 5) is 8.34. The highest BCUT2D eigenvalue weighted by Gasteiger charge is 2.33. The molecule has 0 saturated carbocycles. The lowest BCUT2D eigenvalue weighted by atomic mass is 10.0. The first kappa shape index (κ1) is 18.7.